The summed E-state index contributed by atoms with van der Waals surface area (Å²) in [5.74, 6) is -1.74. The SMILES string of the molecule is CCC(CC(=O)O)N1CC(CS(N)(=O)=O)CC1=O. The predicted octanol–water partition coefficient (Wildman–Crippen LogP) is -0.623. The van der Waals surface area contributed by atoms with Crippen LogP contribution in [0, 0.1) is 5.92 Å². The second-order valence-electron chi connectivity index (χ2n) is 4.61. The lowest BCUT2D eigenvalue weighted by Gasteiger charge is -2.25. The first kappa shape index (κ1) is 14.9. The van der Waals surface area contributed by atoms with Gasteiger partial charge in [0.25, 0.3) is 0 Å². The van der Waals surface area contributed by atoms with E-state index in [-0.39, 0.29) is 43.0 Å². The summed E-state index contributed by atoms with van der Waals surface area (Å²) in [6.07, 6.45) is 0.525. The van der Waals surface area contributed by atoms with E-state index < -0.39 is 16.0 Å². The predicted molar refractivity (Wildman–Crippen MR) is 64.1 cm³/mol. The van der Waals surface area contributed by atoms with E-state index in [9.17, 15) is 18.0 Å². The van der Waals surface area contributed by atoms with Crippen LogP contribution in [0.4, 0.5) is 0 Å². The first-order valence-electron chi connectivity index (χ1n) is 5.74. The molecule has 104 valence electrons. The molecule has 0 aromatic carbocycles. The molecule has 0 saturated carbocycles. The maximum absolute atomic E-state index is 11.7. The van der Waals surface area contributed by atoms with Crippen LogP contribution in [0.3, 0.4) is 0 Å². The maximum atomic E-state index is 11.7. The number of carbonyl (C=O) groups excluding carboxylic acids is 1. The van der Waals surface area contributed by atoms with E-state index >= 15 is 0 Å². The molecule has 0 radical (unpaired) electrons. The molecule has 1 aliphatic heterocycles. The summed E-state index contributed by atoms with van der Waals surface area (Å²) in [6, 6.07) is -0.375. The molecule has 2 atom stereocenters. The molecule has 1 amide bonds. The Hall–Kier alpha value is -1.15. The second kappa shape index (κ2) is 5.66. The summed E-state index contributed by atoms with van der Waals surface area (Å²) in [5, 5.41) is 13.7. The minimum absolute atomic E-state index is 0.118. The monoisotopic (exact) mass is 278 g/mol. The molecule has 0 aliphatic carbocycles. The van der Waals surface area contributed by atoms with Gasteiger partial charge in [-0.1, -0.05) is 6.92 Å². The van der Waals surface area contributed by atoms with Gasteiger partial charge in [-0.05, 0) is 6.42 Å². The standard InChI is InChI=1S/C10H18N2O5S/c1-2-8(4-10(14)15)12-5-7(3-9(12)13)6-18(11,16)17/h7-8H,2-6H2,1H3,(H,14,15)(H2,11,16,17). The molecular weight excluding hydrogens is 260 g/mol. The topological polar surface area (TPSA) is 118 Å². The number of rotatable bonds is 6. The van der Waals surface area contributed by atoms with Gasteiger partial charge in [0, 0.05) is 24.9 Å². The van der Waals surface area contributed by atoms with E-state index in [0.717, 1.165) is 0 Å². The van der Waals surface area contributed by atoms with E-state index in [1.165, 1.54) is 4.90 Å². The van der Waals surface area contributed by atoms with Crippen molar-refractivity contribution < 1.29 is 23.1 Å². The summed E-state index contributed by atoms with van der Waals surface area (Å²) in [7, 11) is -3.61. The number of carbonyl (C=O) groups is 2. The van der Waals surface area contributed by atoms with Crippen LogP contribution in [0.5, 0.6) is 0 Å². The maximum Gasteiger partial charge on any atom is 0.305 e. The molecule has 0 bridgehead atoms. The molecule has 1 heterocycles. The van der Waals surface area contributed by atoms with Gasteiger partial charge in [0.15, 0.2) is 0 Å². The Balaban J connectivity index is 2.68. The van der Waals surface area contributed by atoms with E-state index in [1.54, 1.807) is 6.92 Å². The highest BCUT2D eigenvalue weighted by molar-refractivity contribution is 7.89. The molecule has 0 aromatic rings. The highest BCUT2D eigenvalue weighted by atomic mass is 32.2. The second-order valence-corrected chi connectivity index (χ2v) is 6.26. The number of sulfonamides is 1. The van der Waals surface area contributed by atoms with Gasteiger partial charge in [-0.25, -0.2) is 13.6 Å². The number of likely N-dealkylation sites (tertiary alicyclic amines) is 1. The number of hydrogen-bond donors (Lipinski definition) is 2. The lowest BCUT2D eigenvalue weighted by molar-refractivity contribution is -0.139. The lowest BCUT2D eigenvalue weighted by atomic mass is 10.1. The van der Waals surface area contributed by atoms with Crippen molar-refractivity contribution in [1.82, 2.24) is 4.90 Å². The van der Waals surface area contributed by atoms with Crippen molar-refractivity contribution in [3.63, 3.8) is 0 Å². The van der Waals surface area contributed by atoms with E-state index in [1.807, 2.05) is 0 Å². The zero-order chi connectivity index (χ0) is 13.9. The van der Waals surface area contributed by atoms with Gasteiger partial charge in [-0.2, -0.15) is 0 Å². The largest absolute Gasteiger partial charge is 0.481 e. The van der Waals surface area contributed by atoms with Crippen molar-refractivity contribution in [3.8, 4) is 0 Å². The van der Waals surface area contributed by atoms with Crippen LogP contribution in [-0.2, 0) is 19.6 Å². The molecule has 8 heteroatoms. The molecule has 3 N–H and O–H groups in total. The molecule has 0 spiro atoms. The van der Waals surface area contributed by atoms with Crippen LogP contribution in [-0.4, -0.2) is 48.6 Å². The molecule has 1 rings (SSSR count). The van der Waals surface area contributed by atoms with Crippen molar-refractivity contribution in [2.45, 2.75) is 32.2 Å². The van der Waals surface area contributed by atoms with E-state index in [0.29, 0.717) is 6.42 Å². The Bertz CT molecular complexity index is 434. The fourth-order valence-electron chi connectivity index (χ4n) is 2.28. The highest BCUT2D eigenvalue weighted by Crippen LogP contribution is 2.23. The third-order valence-corrected chi connectivity index (χ3v) is 3.96. The Morgan fingerprint density at radius 3 is 2.67 bits per heavy atom. The van der Waals surface area contributed by atoms with Crippen molar-refractivity contribution in [1.29, 1.82) is 0 Å². The van der Waals surface area contributed by atoms with Crippen LogP contribution in [0.25, 0.3) is 0 Å². The lowest BCUT2D eigenvalue weighted by Crippen LogP contribution is -2.38. The van der Waals surface area contributed by atoms with Crippen LogP contribution < -0.4 is 5.14 Å². The van der Waals surface area contributed by atoms with E-state index in [2.05, 4.69) is 0 Å². The number of amides is 1. The van der Waals surface area contributed by atoms with Gasteiger partial charge >= 0.3 is 5.97 Å². The number of nitrogens with zero attached hydrogens (tertiary/aromatic N) is 1. The molecule has 0 aromatic heterocycles. The Morgan fingerprint density at radius 2 is 2.22 bits per heavy atom. The molecule has 2 unspecified atom stereocenters. The average Bonchev–Trinajstić information content (AvgIpc) is 2.52. The molecule has 1 saturated heterocycles. The van der Waals surface area contributed by atoms with Crippen LogP contribution in [0.2, 0.25) is 0 Å². The fraction of sp³-hybridized carbons (Fsp3) is 0.800. The third kappa shape index (κ3) is 4.26. The van der Waals surface area contributed by atoms with Gasteiger partial charge < -0.3 is 10.0 Å². The summed E-state index contributed by atoms with van der Waals surface area (Å²) >= 11 is 0. The van der Waals surface area contributed by atoms with Gasteiger partial charge in [-0.15, -0.1) is 0 Å². The Morgan fingerprint density at radius 1 is 1.61 bits per heavy atom. The minimum atomic E-state index is -3.61. The van der Waals surface area contributed by atoms with Crippen LogP contribution in [0.15, 0.2) is 0 Å². The van der Waals surface area contributed by atoms with Crippen molar-refractivity contribution in [2.75, 3.05) is 12.3 Å². The molecule has 18 heavy (non-hydrogen) atoms. The quantitative estimate of drug-likeness (QED) is 0.671. The summed E-state index contributed by atoms with van der Waals surface area (Å²) in [4.78, 5) is 23.9. The zero-order valence-electron chi connectivity index (χ0n) is 10.2. The number of hydrogen-bond acceptors (Lipinski definition) is 4. The highest BCUT2D eigenvalue weighted by Gasteiger charge is 2.35. The number of nitrogens with two attached hydrogens (primary N) is 1. The van der Waals surface area contributed by atoms with Gasteiger partial charge in [0.05, 0.1) is 12.2 Å². The summed E-state index contributed by atoms with van der Waals surface area (Å²) < 4.78 is 21.9. The average molecular weight is 278 g/mol. The van der Waals surface area contributed by atoms with Crippen molar-refractivity contribution in [2.24, 2.45) is 11.1 Å². The van der Waals surface area contributed by atoms with Crippen LogP contribution >= 0.6 is 0 Å². The Kier molecular flexibility index (Phi) is 4.69. The van der Waals surface area contributed by atoms with Gasteiger partial charge in [-0.3, -0.25) is 9.59 Å². The smallest absolute Gasteiger partial charge is 0.305 e. The molecular formula is C10H18N2O5S. The molecule has 7 nitrogen and oxygen atoms in total. The summed E-state index contributed by atoms with van der Waals surface area (Å²) in [5.41, 5.74) is 0. The molecule has 1 aliphatic rings. The first-order chi connectivity index (χ1) is 8.23. The number of carboxylic acid groups (broad SMARTS) is 1. The Labute approximate surface area is 106 Å². The van der Waals surface area contributed by atoms with Crippen molar-refractivity contribution >= 4 is 21.9 Å². The normalized spacial score (nSPS) is 22.2. The minimum Gasteiger partial charge on any atom is -0.481 e. The first-order valence-corrected chi connectivity index (χ1v) is 7.46. The third-order valence-electron chi connectivity index (χ3n) is 3.03. The number of carboxylic acids is 1. The zero-order valence-corrected chi connectivity index (χ0v) is 11.0. The van der Waals surface area contributed by atoms with E-state index in [4.69, 9.17) is 10.2 Å². The fourth-order valence-corrected chi connectivity index (χ4v) is 3.16. The van der Waals surface area contributed by atoms with Crippen molar-refractivity contribution in [3.05, 3.63) is 0 Å². The van der Waals surface area contributed by atoms with Gasteiger partial charge in [0.1, 0.15) is 0 Å². The molecule has 1 fully saturated rings. The van der Waals surface area contributed by atoms with Crippen LogP contribution in [0.1, 0.15) is 26.2 Å². The number of primary sulfonamides is 1. The number of aliphatic carboxylic acids is 1. The summed E-state index contributed by atoms with van der Waals surface area (Å²) in [6.45, 7) is 2.06. The van der Waals surface area contributed by atoms with Gasteiger partial charge in [0.2, 0.25) is 15.9 Å².